The Morgan fingerprint density at radius 2 is 1.64 bits per heavy atom. The van der Waals surface area contributed by atoms with Crippen LogP contribution in [0.5, 0.6) is 11.5 Å². The van der Waals surface area contributed by atoms with Crippen molar-refractivity contribution >= 4 is 38.4 Å². The number of phenolic OH excluding ortho intramolecular Hbond substituents is 1. The first-order valence-electron chi connectivity index (χ1n) is 17.2. The number of aliphatic hydroxyl groups excluding tert-OH is 3. The van der Waals surface area contributed by atoms with Crippen molar-refractivity contribution in [3.8, 4) is 11.5 Å². The van der Waals surface area contributed by atoms with E-state index in [1.807, 2.05) is 60.7 Å². The van der Waals surface area contributed by atoms with E-state index in [9.17, 15) is 35.4 Å². The zero-order valence-electron chi connectivity index (χ0n) is 27.4. The van der Waals surface area contributed by atoms with Crippen molar-refractivity contribution < 1.29 is 49.6 Å². The lowest BCUT2D eigenvalue weighted by Crippen LogP contribution is -2.63. The van der Waals surface area contributed by atoms with Gasteiger partial charge in [-0.05, 0) is 83.1 Å². The number of carbonyl (C=O) groups excluding carboxylic acids is 1. The van der Waals surface area contributed by atoms with Gasteiger partial charge in [-0.25, -0.2) is 4.79 Å². The first-order valence-corrected chi connectivity index (χ1v) is 17.2. The number of phenols is 1. The fourth-order valence-electron chi connectivity index (χ4n) is 9.07. The number of aromatic amines is 1. The third kappa shape index (κ3) is 4.95. The normalized spacial score (nSPS) is 28.3. The summed E-state index contributed by atoms with van der Waals surface area (Å²) < 4.78 is 18.4. The van der Waals surface area contributed by atoms with Crippen LogP contribution in [0.4, 0.5) is 0 Å². The molecule has 7 N–H and O–H groups in total. The van der Waals surface area contributed by atoms with Crippen LogP contribution in [-0.4, -0.2) is 84.5 Å². The molecular formula is C39H41NO10. The first kappa shape index (κ1) is 33.1. The summed E-state index contributed by atoms with van der Waals surface area (Å²) in [5.41, 5.74) is -0.825. The number of aromatic nitrogens is 1. The molecule has 6 unspecified atom stereocenters. The van der Waals surface area contributed by atoms with Crippen LogP contribution in [0.15, 0.2) is 72.8 Å². The SMILES string of the molecule is O=C(Oc1c(CO)[nH]c2ccc3cc4ccccc4cc3c12)C1OC(O)(CO)C2(O)CCC(C(CO)C3(c4ccc(O)cc4)CCCC3)OC12. The molecule has 8 rings (SSSR count). The Balaban J connectivity index is 1.16. The molecule has 6 atom stereocenters. The molecule has 11 heteroatoms. The van der Waals surface area contributed by atoms with E-state index in [0.29, 0.717) is 10.9 Å². The van der Waals surface area contributed by atoms with E-state index in [-0.39, 0.29) is 36.6 Å². The zero-order valence-corrected chi connectivity index (χ0v) is 27.4. The molecule has 3 heterocycles. The Labute approximate surface area is 287 Å². The fraction of sp³-hybridized carbons (Fsp3) is 0.410. The fourth-order valence-corrected chi connectivity index (χ4v) is 9.07. The second kappa shape index (κ2) is 12.3. The number of rotatable bonds is 8. The van der Waals surface area contributed by atoms with Gasteiger partial charge in [-0.2, -0.15) is 0 Å². The Morgan fingerprint density at radius 3 is 2.32 bits per heavy atom. The summed E-state index contributed by atoms with van der Waals surface area (Å²) in [7, 11) is 0. The summed E-state index contributed by atoms with van der Waals surface area (Å²) >= 11 is 0. The zero-order chi connectivity index (χ0) is 34.8. The minimum atomic E-state index is -2.53. The average molecular weight is 684 g/mol. The number of hydrogen-bond acceptors (Lipinski definition) is 10. The molecule has 0 bridgehead atoms. The maximum atomic E-state index is 14.2. The molecule has 0 spiro atoms. The second-order valence-corrected chi connectivity index (χ2v) is 14.2. The van der Waals surface area contributed by atoms with Gasteiger partial charge in [0, 0.05) is 17.9 Å². The van der Waals surface area contributed by atoms with E-state index in [2.05, 4.69) is 4.98 Å². The number of hydrogen-bond donors (Lipinski definition) is 7. The third-order valence-corrected chi connectivity index (χ3v) is 11.6. The summed E-state index contributed by atoms with van der Waals surface area (Å²) in [5, 5.41) is 69.1. The first-order chi connectivity index (χ1) is 24.1. The monoisotopic (exact) mass is 683 g/mol. The van der Waals surface area contributed by atoms with E-state index < -0.39 is 60.2 Å². The second-order valence-electron chi connectivity index (χ2n) is 14.2. The minimum absolute atomic E-state index is 0.0813. The highest BCUT2D eigenvalue weighted by molar-refractivity contribution is 6.14. The topological polar surface area (TPSA) is 182 Å². The summed E-state index contributed by atoms with van der Waals surface area (Å²) in [4.78, 5) is 17.3. The average Bonchev–Trinajstić information content (AvgIpc) is 3.82. The number of H-pyrrole nitrogens is 1. The predicted molar refractivity (Wildman–Crippen MR) is 183 cm³/mol. The van der Waals surface area contributed by atoms with Crippen molar-refractivity contribution in [2.75, 3.05) is 13.2 Å². The molecular weight excluding hydrogens is 642 g/mol. The summed E-state index contributed by atoms with van der Waals surface area (Å²) in [6.45, 7) is -1.72. The number of benzene rings is 4. The van der Waals surface area contributed by atoms with Crippen molar-refractivity contribution in [3.05, 3.63) is 84.1 Å². The maximum Gasteiger partial charge on any atom is 0.343 e. The van der Waals surface area contributed by atoms with E-state index in [4.69, 9.17) is 14.2 Å². The summed E-state index contributed by atoms with van der Waals surface area (Å²) in [5.74, 6) is -3.75. The number of aromatic hydroxyl groups is 1. The highest BCUT2D eigenvalue weighted by Gasteiger charge is 2.70. The molecule has 262 valence electrons. The number of nitrogens with one attached hydrogen (secondary N) is 1. The molecule has 1 saturated carbocycles. The van der Waals surface area contributed by atoms with Gasteiger partial charge in [-0.1, -0.05) is 55.3 Å². The molecule has 3 aliphatic rings. The summed E-state index contributed by atoms with van der Waals surface area (Å²) in [6.07, 6.45) is -0.246. The molecule has 0 amide bonds. The van der Waals surface area contributed by atoms with Crippen LogP contribution < -0.4 is 4.74 Å². The van der Waals surface area contributed by atoms with E-state index >= 15 is 0 Å². The van der Waals surface area contributed by atoms with Gasteiger partial charge in [0.1, 0.15) is 24.1 Å². The number of ether oxygens (including phenoxy) is 3. The van der Waals surface area contributed by atoms with Crippen molar-refractivity contribution in [1.82, 2.24) is 4.98 Å². The molecule has 2 saturated heterocycles. The van der Waals surface area contributed by atoms with Crippen LogP contribution in [0.1, 0.15) is 49.8 Å². The van der Waals surface area contributed by atoms with Crippen LogP contribution in [0.3, 0.4) is 0 Å². The van der Waals surface area contributed by atoms with Gasteiger partial charge in [0.2, 0.25) is 5.79 Å². The molecule has 1 aliphatic carbocycles. The molecule has 1 aromatic heterocycles. The molecule has 2 aliphatic heterocycles. The van der Waals surface area contributed by atoms with Crippen LogP contribution in [0.2, 0.25) is 0 Å². The van der Waals surface area contributed by atoms with Gasteiger partial charge in [-0.3, -0.25) is 0 Å². The Hall–Kier alpha value is -4.07. The Bertz CT molecular complexity index is 2070. The number of aliphatic hydroxyl groups is 5. The molecule has 5 aromatic rings. The van der Waals surface area contributed by atoms with Crippen LogP contribution in [-0.2, 0) is 26.3 Å². The van der Waals surface area contributed by atoms with E-state index in [1.54, 1.807) is 12.1 Å². The van der Waals surface area contributed by atoms with Gasteiger partial charge in [0.05, 0.1) is 29.3 Å². The molecule has 0 radical (unpaired) electrons. The lowest BCUT2D eigenvalue weighted by atomic mass is 9.65. The maximum absolute atomic E-state index is 14.2. The van der Waals surface area contributed by atoms with Crippen molar-refractivity contribution in [3.63, 3.8) is 0 Å². The largest absolute Gasteiger partial charge is 0.508 e. The van der Waals surface area contributed by atoms with Gasteiger partial charge >= 0.3 is 5.97 Å². The molecule has 11 nitrogen and oxygen atoms in total. The Morgan fingerprint density at radius 1 is 0.920 bits per heavy atom. The Kier molecular flexibility index (Phi) is 8.15. The van der Waals surface area contributed by atoms with Gasteiger partial charge in [0.25, 0.3) is 0 Å². The quantitative estimate of drug-likeness (QED) is 0.0931. The summed E-state index contributed by atoms with van der Waals surface area (Å²) in [6, 6.07) is 22.7. The van der Waals surface area contributed by atoms with Crippen LogP contribution in [0, 0.1) is 5.92 Å². The predicted octanol–water partition coefficient (Wildman–Crippen LogP) is 4.06. The number of fused-ring (bicyclic) bond motifs is 5. The van der Waals surface area contributed by atoms with Crippen molar-refractivity contribution in [1.29, 1.82) is 0 Å². The van der Waals surface area contributed by atoms with Gasteiger partial charge < -0.3 is 49.8 Å². The number of carbonyl (C=O) groups is 1. The molecule has 50 heavy (non-hydrogen) atoms. The molecule has 4 aromatic carbocycles. The molecule has 3 fully saturated rings. The standard InChI is InChI=1S/C39H41NO10/c41-19-28(37(14-3-4-15-37)25-8-10-26(44)11-9-25)31-13-16-38(46)35(48-31)34(50-39(38,47)21-43)36(45)49-33-30(20-42)40-29-12-7-24-17-22-5-1-2-6-23(22)18-27(24)32(29)33/h1-2,5-12,17-18,28,31,34-35,40-44,46-47H,3-4,13-16,19-21H2. The minimum Gasteiger partial charge on any atom is -0.508 e. The van der Waals surface area contributed by atoms with Crippen LogP contribution in [0.25, 0.3) is 32.4 Å². The van der Waals surface area contributed by atoms with E-state index in [1.165, 1.54) is 0 Å². The smallest absolute Gasteiger partial charge is 0.343 e. The highest BCUT2D eigenvalue weighted by atomic mass is 16.7. The van der Waals surface area contributed by atoms with Gasteiger partial charge in [0.15, 0.2) is 11.9 Å². The van der Waals surface area contributed by atoms with Crippen molar-refractivity contribution in [2.45, 2.75) is 80.2 Å². The lowest BCUT2D eigenvalue weighted by molar-refractivity contribution is -0.296. The number of esters is 1. The van der Waals surface area contributed by atoms with Gasteiger partial charge in [-0.15, -0.1) is 0 Å². The van der Waals surface area contributed by atoms with E-state index in [0.717, 1.165) is 52.8 Å². The van der Waals surface area contributed by atoms with Crippen LogP contribution >= 0.6 is 0 Å². The third-order valence-electron chi connectivity index (χ3n) is 11.6. The lowest BCUT2D eigenvalue weighted by Gasteiger charge is -2.48. The highest BCUT2D eigenvalue weighted by Crippen LogP contribution is 2.54. The van der Waals surface area contributed by atoms with Crippen molar-refractivity contribution in [2.24, 2.45) is 5.92 Å².